The van der Waals surface area contributed by atoms with Crippen molar-refractivity contribution in [1.29, 1.82) is 5.26 Å². The topological polar surface area (TPSA) is 69.3 Å². The number of amides is 2. The molecule has 0 unspecified atom stereocenters. The summed E-state index contributed by atoms with van der Waals surface area (Å²) in [4.78, 5) is 12.4. The summed E-state index contributed by atoms with van der Waals surface area (Å²) in [6.45, 7) is 0. The Morgan fingerprint density at radius 3 is 2.50 bits per heavy atom. The lowest BCUT2D eigenvalue weighted by Crippen LogP contribution is -2.20. The van der Waals surface area contributed by atoms with E-state index in [0.29, 0.717) is 33.5 Å². The number of halogens is 2. The summed E-state index contributed by atoms with van der Waals surface area (Å²) in [6.07, 6.45) is 2.60. The highest BCUT2D eigenvalue weighted by Gasteiger charge is 2.10. The van der Waals surface area contributed by atoms with Crippen LogP contribution < -0.4 is 10.6 Å². The highest BCUT2D eigenvalue weighted by Crippen LogP contribution is 2.26. The van der Waals surface area contributed by atoms with Gasteiger partial charge in [0.2, 0.25) is 0 Å². The van der Waals surface area contributed by atoms with Crippen LogP contribution >= 0.6 is 23.2 Å². The van der Waals surface area contributed by atoms with Crippen LogP contribution in [0.3, 0.4) is 0 Å². The summed E-state index contributed by atoms with van der Waals surface area (Å²) >= 11 is 12.1. The summed E-state index contributed by atoms with van der Waals surface area (Å²) in [6, 6.07) is 21.7. The quantitative estimate of drug-likeness (QED) is 0.392. The molecular formula is C23H16Cl2N4O. The lowest BCUT2D eigenvalue weighted by molar-refractivity contribution is 0.262. The molecule has 2 N–H and O–H groups in total. The molecule has 2 aromatic carbocycles. The van der Waals surface area contributed by atoms with Crippen LogP contribution in [0.4, 0.5) is 16.3 Å². The summed E-state index contributed by atoms with van der Waals surface area (Å²) in [5, 5.41) is 15.5. The fourth-order valence-corrected chi connectivity index (χ4v) is 3.54. The van der Waals surface area contributed by atoms with Crippen molar-refractivity contribution in [2.45, 2.75) is 6.42 Å². The smallest absolute Gasteiger partial charge is 0.308 e. The first-order chi connectivity index (χ1) is 14.5. The molecule has 0 bridgehead atoms. The van der Waals surface area contributed by atoms with Crippen molar-refractivity contribution in [2.75, 3.05) is 10.6 Å². The van der Waals surface area contributed by atoms with E-state index in [1.54, 1.807) is 30.3 Å². The van der Waals surface area contributed by atoms with Crippen LogP contribution in [0.5, 0.6) is 0 Å². The number of carbonyl (C=O) groups excluding carboxylic acids is 1. The molecule has 5 nitrogen and oxygen atoms in total. The Bertz CT molecular complexity index is 1270. The molecule has 0 fully saturated rings. The largest absolute Gasteiger partial charge is 0.324 e. The Labute approximate surface area is 183 Å². The number of hydrogen-bond donors (Lipinski definition) is 2. The van der Waals surface area contributed by atoms with E-state index in [2.05, 4.69) is 10.6 Å². The number of hydrogen-bond acceptors (Lipinski definition) is 2. The van der Waals surface area contributed by atoms with E-state index in [-0.39, 0.29) is 6.03 Å². The number of nitrogens with one attached hydrogen (secondary N) is 2. The normalized spacial score (nSPS) is 10.6. The van der Waals surface area contributed by atoms with Crippen LogP contribution in [0, 0.1) is 11.3 Å². The minimum absolute atomic E-state index is 0.369. The molecule has 0 aliphatic heterocycles. The third-order valence-electron chi connectivity index (χ3n) is 4.67. The minimum Gasteiger partial charge on any atom is -0.308 e. The van der Waals surface area contributed by atoms with Gasteiger partial charge in [-0.05, 0) is 72.1 Å². The zero-order valence-electron chi connectivity index (χ0n) is 15.7. The highest BCUT2D eigenvalue weighted by molar-refractivity contribution is 6.42. The Morgan fingerprint density at radius 2 is 1.77 bits per heavy atom. The molecule has 0 spiro atoms. The number of anilines is 2. The third-order valence-corrected chi connectivity index (χ3v) is 5.41. The maximum absolute atomic E-state index is 12.4. The first-order valence-electron chi connectivity index (χ1n) is 9.14. The number of pyridine rings is 1. The van der Waals surface area contributed by atoms with Crippen molar-refractivity contribution >= 4 is 46.3 Å². The van der Waals surface area contributed by atoms with Crippen LogP contribution in [0.1, 0.15) is 16.7 Å². The summed E-state index contributed by atoms with van der Waals surface area (Å²) in [5.74, 6) is 0.638. The van der Waals surface area contributed by atoms with Crippen molar-refractivity contribution in [2.24, 2.45) is 0 Å². The van der Waals surface area contributed by atoms with Gasteiger partial charge < -0.3 is 9.72 Å². The van der Waals surface area contributed by atoms with Gasteiger partial charge in [0, 0.05) is 11.9 Å². The first-order valence-corrected chi connectivity index (χ1v) is 9.90. The van der Waals surface area contributed by atoms with Crippen LogP contribution in [0.25, 0.3) is 5.52 Å². The molecule has 0 atom stereocenters. The zero-order chi connectivity index (χ0) is 21.1. The van der Waals surface area contributed by atoms with Crippen LogP contribution in [0.15, 0.2) is 72.9 Å². The molecule has 2 aromatic heterocycles. The number of nitrogens with zero attached hydrogens (tertiary/aromatic N) is 2. The van der Waals surface area contributed by atoms with E-state index in [4.69, 9.17) is 28.5 Å². The fraction of sp³-hybridized carbons (Fsp3) is 0.0435. The van der Waals surface area contributed by atoms with Crippen LogP contribution in [-0.2, 0) is 6.42 Å². The Hall–Kier alpha value is -3.46. The van der Waals surface area contributed by atoms with Gasteiger partial charge in [0.1, 0.15) is 5.82 Å². The predicted octanol–water partition coefficient (Wildman–Crippen LogP) is 6.35. The monoisotopic (exact) mass is 434 g/mol. The van der Waals surface area contributed by atoms with Crippen molar-refractivity contribution in [1.82, 2.24) is 4.40 Å². The molecule has 4 aromatic rings. The van der Waals surface area contributed by atoms with Crippen molar-refractivity contribution in [3.63, 3.8) is 0 Å². The molecule has 0 radical (unpaired) electrons. The maximum atomic E-state index is 12.4. The molecule has 0 aliphatic rings. The number of rotatable bonds is 4. The summed E-state index contributed by atoms with van der Waals surface area (Å²) in [5.41, 5.74) is 4.27. The minimum atomic E-state index is -0.369. The van der Waals surface area contributed by atoms with Crippen molar-refractivity contribution in [3.8, 4) is 6.07 Å². The summed E-state index contributed by atoms with van der Waals surface area (Å²) < 4.78 is 1.92. The van der Waals surface area contributed by atoms with Crippen LogP contribution in [0.2, 0.25) is 10.0 Å². The second-order valence-corrected chi connectivity index (χ2v) is 7.52. The van der Waals surface area contributed by atoms with Crippen molar-refractivity contribution in [3.05, 3.63) is 99.7 Å². The van der Waals surface area contributed by atoms with E-state index >= 15 is 0 Å². The SMILES string of the molecule is N#Cc1ccc(NC(=O)Nc2cccc3c(Cc4ccc(Cl)c(Cl)c4)ccn23)cc1. The number of benzene rings is 2. The lowest BCUT2D eigenvalue weighted by Gasteiger charge is -2.10. The molecule has 4 rings (SSSR count). The fourth-order valence-electron chi connectivity index (χ4n) is 3.22. The lowest BCUT2D eigenvalue weighted by atomic mass is 10.1. The van der Waals surface area contributed by atoms with Gasteiger partial charge in [-0.15, -0.1) is 0 Å². The Balaban J connectivity index is 1.53. The van der Waals surface area contributed by atoms with Gasteiger partial charge in [0.15, 0.2) is 0 Å². The average molecular weight is 435 g/mol. The number of carbonyl (C=O) groups is 1. The molecule has 7 heteroatoms. The average Bonchev–Trinajstić information content (AvgIpc) is 3.15. The van der Waals surface area contributed by atoms with E-state index in [1.165, 1.54) is 0 Å². The van der Waals surface area contributed by atoms with Gasteiger partial charge in [0.25, 0.3) is 0 Å². The van der Waals surface area contributed by atoms with Gasteiger partial charge in [-0.25, -0.2) is 4.79 Å². The number of aromatic nitrogens is 1. The van der Waals surface area contributed by atoms with E-state index in [1.807, 2.05) is 53.1 Å². The molecule has 148 valence electrons. The van der Waals surface area contributed by atoms with Gasteiger partial charge in [-0.3, -0.25) is 5.32 Å². The highest BCUT2D eigenvalue weighted by atomic mass is 35.5. The maximum Gasteiger partial charge on any atom is 0.324 e. The summed E-state index contributed by atoms with van der Waals surface area (Å²) in [7, 11) is 0. The zero-order valence-corrected chi connectivity index (χ0v) is 17.2. The molecular weight excluding hydrogens is 419 g/mol. The molecule has 0 saturated heterocycles. The molecule has 2 amide bonds. The van der Waals surface area contributed by atoms with E-state index in [0.717, 1.165) is 16.6 Å². The number of fused-ring (bicyclic) bond motifs is 1. The van der Waals surface area contributed by atoms with Gasteiger partial charge in [-0.1, -0.05) is 35.3 Å². The molecule has 0 aliphatic carbocycles. The van der Waals surface area contributed by atoms with Gasteiger partial charge >= 0.3 is 6.03 Å². The van der Waals surface area contributed by atoms with E-state index in [9.17, 15) is 4.79 Å². The van der Waals surface area contributed by atoms with E-state index < -0.39 is 0 Å². The Kier molecular flexibility index (Phi) is 5.62. The number of urea groups is 1. The second kappa shape index (κ2) is 8.50. The third kappa shape index (κ3) is 4.25. The molecule has 0 saturated carbocycles. The van der Waals surface area contributed by atoms with Crippen molar-refractivity contribution < 1.29 is 4.79 Å². The molecule has 30 heavy (non-hydrogen) atoms. The van der Waals surface area contributed by atoms with Crippen LogP contribution in [-0.4, -0.2) is 10.4 Å². The van der Waals surface area contributed by atoms with Gasteiger partial charge in [0.05, 0.1) is 27.2 Å². The Morgan fingerprint density at radius 1 is 0.967 bits per heavy atom. The standard InChI is InChI=1S/C23H16Cl2N4O/c24-19-9-6-16(13-20(19)25)12-17-10-11-29-21(17)2-1-3-22(29)28-23(30)27-18-7-4-15(14-26)5-8-18/h1-11,13H,12H2,(H2,27,28,30). The predicted molar refractivity (Wildman–Crippen MR) is 120 cm³/mol. The first kappa shape index (κ1) is 19.8. The second-order valence-electron chi connectivity index (χ2n) is 6.70. The molecule has 2 heterocycles. The number of nitriles is 1. The van der Waals surface area contributed by atoms with Gasteiger partial charge in [-0.2, -0.15) is 5.26 Å².